The quantitative estimate of drug-likeness (QED) is 0.366. The number of nitrogens with one attached hydrogen (secondary N) is 2. The molecule has 0 aliphatic carbocycles. The molecule has 0 aliphatic rings. The van der Waals surface area contributed by atoms with Crippen LogP contribution in [0.5, 0.6) is 0 Å². The van der Waals surface area contributed by atoms with E-state index in [0.29, 0.717) is 26.7 Å². The van der Waals surface area contributed by atoms with Crippen molar-refractivity contribution in [1.82, 2.24) is 4.98 Å². The van der Waals surface area contributed by atoms with Crippen LogP contribution in [-0.4, -0.2) is 28.2 Å². The third-order valence-electron chi connectivity index (χ3n) is 3.77. The number of alkyl halides is 2. The molecule has 0 aliphatic heterocycles. The monoisotopic (exact) mass is 468 g/mol. The Bertz CT molecular complexity index is 1100. The van der Waals surface area contributed by atoms with Crippen LogP contribution in [0.15, 0.2) is 23.1 Å². The van der Waals surface area contributed by atoms with Crippen molar-refractivity contribution in [3.8, 4) is 0 Å². The first-order chi connectivity index (χ1) is 13.7. The predicted molar refractivity (Wildman–Crippen MR) is 103 cm³/mol. The number of hydrogen-bond acceptors (Lipinski definition) is 4. The Morgan fingerprint density at radius 1 is 1.31 bits per heavy atom. The Morgan fingerprint density at radius 2 is 2.03 bits per heavy atom. The molecule has 0 spiro atoms. The summed E-state index contributed by atoms with van der Waals surface area (Å²) in [5.74, 6) is -2.92. The van der Waals surface area contributed by atoms with E-state index in [1.54, 1.807) is 6.92 Å². The first kappa shape index (κ1) is 21.6. The number of benzene rings is 1. The summed E-state index contributed by atoms with van der Waals surface area (Å²) in [6, 6.07) is 2.77. The highest BCUT2D eigenvalue weighted by atomic mass is 35.5. The van der Waals surface area contributed by atoms with Gasteiger partial charge in [-0.25, -0.2) is 26.6 Å². The summed E-state index contributed by atoms with van der Waals surface area (Å²) in [4.78, 5) is 14.9. The highest BCUT2D eigenvalue weighted by Gasteiger charge is 2.26. The lowest BCUT2D eigenvalue weighted by molar-refractivity contribution is 0.0516. The summed E-state index contributed by atoms with van der Waals surface area (Å²) < 4.78 is 74.0. The number of H-pyrrole nitrogens is 1. The fourth-order valence-corrected chi connectivity index (χ4v) is 5.13. The maximum Gasteiger partial charge on any atom is 0.356 e. The molecule has 2 N–H and O–H groups in total. The van der Waals surface area contributed by atoms with Crippen LogP contribution in [0.4, 0.5) is 23.2 Å². The van der Waals surface area contributed by atoms with Crippen LogP contribution < -0.4 is 4.72 Å². The van der Waals surface area contributed by atoms with Crippen LogP contribution in [0.2, 0.25) is 4.34 Å². The Balaban J connectivity index is 1.99. The lowest BCUT2D eigenvalue weighted by atomic mass is 10.1. The summed E-state index contributed by atoms with van der Waals surface area (Å²) in [6.45, 7) is 1.66. The number of rotatable bonds is 7. The van der Waals surface area contributed by atoms with Crippen LogP contribution in [0.3, 0.4) is 0 Å². The number of anilines is 1. The minimum atomic E-state index is -2.85. The molecule has 0 amide bonds. The number of fused-ring (bicyclic) bond motifs is 1. The van der Waals surface area contributed by atoms with Gasteiger partial charge in [0.15, 0.2) is 11.0 Å². The molecule has 2 heterocycles. The predicted octanol–water partition coefficient (Wildman–Crippen LogP) is 5.28. The Morgan fingerprint density at radius 3 is 2.69 bits per heavy atom. The maximum atomic E-state index is 14.3. The molecule has 0 fully saturated rings. The molecule has 29 heavy (non-hydrogen) atoms. The van der Waals surface area contributed by atoms with Gasteiger partial charge >= 0.3 is 5.97 Å². The number of esters is 1. The van der Waals surface area contributed by atoms with Gasteiger partial charge in [-0.3, -0.25) is 4.72 Å². The Kier molecular flexibility index (Phi) is 6.49. The topological polar surface area (TPSA) is 71.2 Å². The van der Waals surface area contributed by atoms with E-state index in [1.807, 2.05) is 0 Å². The van der Waals surface area contributed by atoms with Crippen molar-refractivity contribution in [1.29, 1.82) is 0 Å². The van der Waals surface area contributed by atoms with E-state index in [0.717, 1.165) is 11.3 Å². The Labute approximate surface area is 173 Å². The number of aromatic amines is 1. The zero-order chi connectivity index (χ0) is 21.3. The lowest BCUT2D eigenvalue weighted by Gasteiger charge is -2.10. The van der Waals surface area contributed by atoms with E-state index in [2.05, 4.69) is 9.71 Å². The number of hydrogen-bond donors (Lipinski definition) is 2. The number of carbonyl (C=O) groups is 1. The van der Waals surface area contributed by atoms with Gasteiger partial charge in [-0.2, -0.15) is 0 Å². The highest BCUT2D eigenvalue weighted by Crippen LogP contribution is 2.36. The second-order valence-corrected chi connectivity index (χ2v) is 8.57. The SMILES string of the molecule is CCOC(=O)c1[nH]c2cc(Cl)sc2c1S(=O)Nc1cc(F)c(CC(F)F)cc1F. The third-order valence-corrected chi connectivity index (χ3v) is 6.37. The van der Waals surface area contributed by atoms with Crippen LogP contribution in [-0.2, 0) is 22.1 Å². The number of thiophene rings is 1. The van der Waals surface area contributed by atoms with E-state index in [4.69, 9.17) is 16.3 Å². The van der Waals surface area contributed by atoms with Crippen molar-refractivity contribution < 1.29 is 31.3 Å². The molecule has 0 radical (unpaired) electrons. The van der Waals surface area contributed by atoms with Crippen molar-refractivity contribution in [3.05, 3.63) is 45.4 Å². The van der Waals surface area contributed by atoms with E-state index >= 15 is 0 Å². The number of carbonyl (C=O) groups excluding carboxylic acids is 1. The molecule has 2 aromatic heterocycles. The normalized spacial score (nSPS) is 12.5. The number of ether oxygens (including phenoxy) is 1. The van der Waals surface area contributed by atoms with Gasteiger partial charge in [0.25, 0.3) is 0 Å². The summed E-state index contributed by atoms with van der Waals surface area (Å²) >= 11 is 6.98. The standard InChI is InChI=1S/C17H13ClF4N2O3S2/c1-2-27-17(25)14-16(15-11(23-14)6-12(18)28-15)29(26)24-10-5-8(19)7(3-9(10)20)4-13(21)22/h3,5-6,13,23-24H,2,4H2,1H3. The van der Waals surface area contributed by atoms with Gasteiger partial charge in [0.1, 0.15) is 22.2 Å². The molecule has 0 saturated carbocycles. The molecule has 1 aromatic carbocycles. The molecule has 1 atom stereocenters. The second kappa shape index (κ2) is 8.72. The fourth-order valence-electron chi connectivity index (χ4n) is 2.59. The maximum absolute atomic E-state index is 14.3. The van der Waals surface area contributed by atoms with E-state index in [-0.39, 0.29) is 17.2 Å². The van der Waals surface area contributed by atoms with E-state index < -0.39 is 52.7 Å². The summed E-state index contributed by atoms with van der Waals surface area (Å²) in [6.07, 6.45) is -3.80. The highest BCUT2D eigenvalue weighted by molar-refractivity contribution is 7.87. The van der Waals surface area contributed by atoms with E-state index in [1.165, 1.54) is 6.07 Å². The van der Waals surface area contributed by atoms with Gasteiger partial charge in [-0.05, 0) is 24.6 Å². The first-order valence-corrected chi connectivity index (χ1v) is 10.5. The molecular formula is C17H13ClF4N2O3S2. The van der Waals surface area contributed by atoms with Gasteiger partial charge in [0, 0.05) is 12.5 Å². The molecule has 156 valence electrons. The van der Waals surface area contributed by atoms with Gasteiger partial charge < -0.3 is 9.72 Å². The molecular weight excluding hydrogens is 456 g/mol. The largest absolute Gasteiger partial charge is 0.461 e. The van der Waals surface area contributed by atoms with E-state index in [9.17, 15) is 26.6 Å². The van der Waals surface area contributed by atoms with Gasteiger partial charge in [0.05, 0.1) is 26.8 Å². The van der Waals surface area contributed by atoms with Crippen molar-refractivity contribution in [2.45, 2.75) is 24.7 Å². The second-order valence-electron chi connectivity index (χ2n) is 5.73. The smallest absolute Gasteiger partial charge is 0.356 e. The van der Waals surface area contributed by atoms with Crippen LogP contribution in [0.1, 0.15) is 23.0 Å². The average molecular weight is 469 g/mol. The summed E-state index contributed by atoms with van der Waals surface area (Å²) in [7, 11) is -2.22. The van der Waals surface area contributed by atoms with Gasteiger partial charge in [-0.15, -0.1) is 11.3 Å². The molecule has 1 unspecified atom stereocenters. The van der Waals surface area contributed by atoms with Crippen LogP contribution in [0.25, 0.3) is 10.2 Å². The molecule has 3 aromatic rings. The van der Waals surface area contributed by atoms with Gasteiger partial charge in [0.2, 0.25) is 6.43 Å². The first-order valence-electron chi connectivity index (χ1n) is 8.13. The molecule has 12 heteroatoms. The zero-order valence-electron chi connectivity index (χ0n) is 14.7. The number of aromatic nitrogens is 1. The lowest BCUT2D eigenvalue weighted by Crippen LogP contribution is -2.13. The average Bonchev–Trinajstić information content (AvgIpc) is 3.14. The van der Waals surface area contributed by atoms with Crippen molar-refractivity contribution >= 4 is 55.8 Å². The van der Waals surface area contributed by atoms with Crippen LogP contribution >= 0.6 is 22.9 Å². The van der Waals surface area contributed by atoms with Crippen molar-refractivity contribution in [2.24, 2.45) is 0 Å². The summed E-state index contributed by atoms with van der Waals surface area (Å²) in [5, 5.41) is 0. The number of halogens is 5. The fraction of sp³-hybridized carbons (Fsp3) is 0.235. The van der Waals surface area contributed by atoms with Crippen LogP contribution in [0, 0.1) is 11.6 Å². The zero-order valence-corrected chi connectivity index (χ0v) is 17.0. The van der Waals surface area contributed by atoms with Crippen molar-refractivity contribution in [3.63, 3.8) is 0 Å². The Hall–Kier alpha value is -2.11. The van der Waals surface area contributed by atoms with Crippen molar-refractivity contribution in [2.75, 3.05) is 11.3 Å². The minimum Gasteiger partial charge on any atom is -0.461 e. The third kappa shape index (κ3) is 4.57. The molecule has 3 rings (SSSR count). The molecule has 0 bridgehead atoms. The molecule has 0 saturated heterocycles. The molecule has 5 nitrogen and oxygen atoms in total. The van der Waals surface area contributed by atoms with Gasteiger partial charge in [-0.1, -0.05) is 11.6 Å². The summed E-state index contributed by atoms with van der Waals surface area (Å²) in [5.41, 5.74) is -0.710. The minimum absolute atomic E-state index is 0.0354.